The maximum absolute atomic E-state index is 13.1. The van der Waals surface area contributed by atoms with Gasteiger partial charge in [-0.2, -0.15) is 0 Å². The monoisotopic (exact) mass is 354 g/mol. The standard InChI is InChI=1S/C21H26N2O3/c1-13-10-16(24)11-14(2)17(13)12-18(22)21(25)23-9-5-7-15-6-4-8-19(26-3)20(15)23/h4,6,8,10-11,18,24H,5,7,9,12,22H2,1-3H3/t18-/m0/s1. The van der Waals surface area contributed by atoms with Crippen LogP contribution in [0.3, 0.4) is 0 Å². The van der Waals surface area contributed by atoms with E-state index in [1.165, 1.54) is 0 Å². The first kappa shape index (κ1) is 18.3. The highest BCUT2D eigenvalue weighted by molar-refractivity contribution is 5.99. The molecule has 0 spiro atoms. The van der Waals surface area contributed by atoms with Gasteiger partial charge in [-0.05, 0) is 73.6 Å². The van der Waals surface area contributed by atoms with Gasteiger partial charge in [0.05, 0.1) is 18.8 Å². The predicted octanol–water partition coefficient (Wildman–Crippen LogP) is 2.87. The third-order valence-electron chi connectivity index (χ3n) is 5.09. The number of methoxy groups -OCH3 is 1. The molecule has 2 aromatic carbocycles. The number of para-hydroxylation sites is 1. The average Bonchev–Trinajstić information content (AvgIpc) is 2.62. The van der Waals surface area contributed by atoms with E-state index in [-0.39, 0.29) is 11.7 Å². The van der Waals surface area contributed by atoms with E-state index in [2.05, 4.69) is 0 Å². The number of hydrogen-bond acceptors (Lipinski definition) is 4. The Morgan fingerprint density at radius 1 is 1.31 bits per heavy atom. The van der Waals surface area contributed by atoms with E-state index in [9.17, 15) is 9.90 Å². The summed E-state index contributed by atoms with van der Waals surface area (Å²) in [5.74, 6) is 0.848. The van der Waals surface area contributed by atoms with E-state index in [0.717, 1.165) is 40.8 Å². The summed E-state index contributed by atoms with van der Waals surface area (Å²) in [4.78, 5) is 14.9. The van der Waals surface area contributed by atoms with Crippen molar-refractivity contribution in [3.8, 4) is 11.5 Å². The second-order valence-corrected chi connectivity index (χ2v) is 6.93. The highest BCUT2D eigenvalue weighted by atomic mass is 16.5. The van der Waals surface area contributed by atoms with Crippen LogP contribution in [0.4, 0.5) is 5.69 Å². The number of benzene rings is 2. The summed E-state index contributed by atoms with van der Waals surface area (Å²) in [5.41, 5.74) is 11.2. The smallest absolute Gasteiger partial charge is 0.244 e. The fraction of sp³-hybridized carbons (Fsp3) is 0.381. The van der Waals surface area contributed by atoms with Gasteiger partial charge in [-0.15, -0.1) is 0 Å². The van der Waals surface area contributed by atoms with Crippen LogP contribution in [0.15, 0.2) is 30.3 Å². The molecule has 1 amide bonds. The maximum atomic E-state index is 13.1. The number of hydrogen-bond donors (Lipinski definition) is 2. The highest BCUT2D eigenvalue weighted by Gasteiger charge is 2.29. The molecule has 1 aliphatic heterocycles. The lowest BCUT2D eigenvalue weighted by molar-refractivity contribution is -0.119. The molecule has 1 atom stereocenters. The maximum Gasteiger partial charge on any atom is 0.244 e. The highest BCUT2D eigenvalue weighted by Crippen LogP contribution is 2.36. The van der Waals surface area contributed by atoms with Crippen LogP contribution in [0.1, 0.15) is 28.7 Å². The number of ether oxygens (including phenoxy) is 1. The molecule has 0 aromatic heterocycles. The molecule has 0 bridgehead atoms. The van der Waals surface area contributed by atoms with E-state index in [1.54, 1.807) is 24.1 Å². The van der Waals surface area contributed by atoms with Crippen molar-refractivity contribution in [2.45, 2.75) is 39.2 Å². The number of rotatable bonds is 4. The Morgan fingerprint density at radius 2 is 2.00 bits per heavy atom. The molecule has 1 heterocycles. The number of fused-ring (bicyclic) bond motifs is 1. The fourth-order valence-electron chi connectivity index (χ4n) is 3.80. The van der Waals surface area contributed by atoms with Gasteiger partial charge < -0.3 is 20.5 Å². The molecule has 1 aliphatic rings. The second-order valence-electron chi connectivity index (χ2n) is 6.93. The van der Waals surface area contributed by atoms with Crippen molar-refractivity contribution < 1.29 is 14.6 Å². The lowest BCUT2D eigenvalue weighted by Gasteiger charge is -2.32. The van der Waals surface area contributed by atoms with Crippen molar-refractivity contribution in [2.24, 2.45) is 5.73 Å². The van der Waals surface area contributed by atoms with Crippen LogP contribution in [0.5, 0.6) is 11.5 Å². The summed E-state index contributed by atoms with van der Waals surface area (Å²) >= 11 is 0. The number of phenolic OH excluding ortho intramolecular Hbond substituents is 1. The van der Waals surface area contributed by atoms with E-state index >= 15 is 0 Å². The molecule has 2 aromatic rings. The molecule has 0 fully saturated rings. The summed E-state index contributed by atoms with van der Waals surface area (Å²) < 4.78 is 5.48. The summed E-state index contributed by atoms with van der Waals surface area (Å²) in [7, 11) is 1.62. The molecule has 3 N–H and O–H groups in total. The van der Waals surface area contributed by atoms with Gasteiger partial charge in [0.2, 0.25) is 5.91 Å². The number of anilines is 1. The lowest BCUT2D eigenvalue weighted by Crippen LogP contribution is -2.47. The Balaban J connectivity index is 1.87. The molecule has 3 rings (SSSR count). The average molecular weight is 354 g/mol. The van der Waals surface area contributed by atoms with Crippen LogP contribution < -0.4 is 15.4 Å². The van der Waals surface area contributed by atoms with E-state index in [1.807, 2.05) is 32.0 Å². The third kappa shape index (κ3) is 3.40. The van der Waals surface area contributed by atoms with Crippen molar-refractivity contribution in [3.05, 3.63) is 52.6 Å². The normalized spacial score (nSPS) is 14.7. The first-order valence-electron chi connectivity index (χ1n) is 8.94. The molecule has 5 nitrogen and oxygen atoms in total. The quantitative estimate of drug-likeness (QED) is 0.885. The summed E-state index contributed by atoms with van der Waals surface area (Å²) in [5, 5.41) is 9.71. The minimum atomic E-state index is -0.646. The summed E-state index contributed by atoms with van der Waals surface area (Å²) in [6, 6.07) is 8.64. The lowest BCUT2D eigenvalue weighted by atomic mass is 9.94. The number of aromatic hydroxyl groups is 1. The van der Waals surface area contributed by atoms with Crippen LogP contribution in [-0.4, -0.2) is 30.7 Å². The van der Waals surface area contributed by atoms with Crippen LogP contribution in [0.25, 0.3) is 0 Å². The third-order valence-corrected chi connectivity index (χ3v) is 5.09. The zero-order chi connectivity index (χ0) is 18.8. The number of phenols is 1. The zero-order valence-electron chi connectivity index (χ0n) is 15.6. The Hall–Kier alpha value is -2.53. The minimum Gasteiger partial charge on any atom is -0.508 e. The molecule has 26 heavy (non-hydrogen) atoms. The Labute approximate surface area is 154 Å². The molecular weight excluding hydrogens is 328 g/mol. The topological polar surface area (TPSA) is 75.8 Å². The van der Waals surface area contributed by atoms with Gasteiger partial charge in [-0.3, -0.25) is 4.79 Å². The Kier molecular flexibility index (Phi) is 5.18. The number of aryl methyl sites for hydroxylation is 3. The number of amides is 1. The van der Waals surface area contributed by atoms with E-state index in [4.69, 9.17) is 10.5 Å². The van der Waals surface area contributed by atoms with Gasteiger partial charge in [0, 0.05) is 6.54 Å². The molecule has 0 saturated heterocycles. The van der Waals surface area contributed by atoms with Gasteiger partial charge in [-0.25, -0.2) is 0 Å². The van der Waals surface area contributed by atoms with E-state index < -0.39 is 6.04 Å². The molecule has 138 valence electrons. The van der Waals surface area contributed by atoms with Crippen molar-refractivity contribution in [1.82, 2.24) is 0 Å². The molecule has 0 unspecified atom stereocenters. The number of nitrogens with two attached hydrogens (primary N) is 1. The van der Waals surface area contributed by atoms with Crippen molar-refractivity contribution in [3.63, 3.8) is 0 Å². The molecule has 0 radical (unpaired) electrons. The largest absolute Gasteiger partial charge is 0.508 e. The van der Waals surface area contributed by atoms with Gasteiger partial charge >= 0.3 is 0 Å². The zero-order valence-corrected chi connectivity index (χ0v) is 15.6. The fourth-order valence-corrected chi connectivity index (χ4v) is 3.80. The first-order valence-corrected chi connectivity index (χ1v) is 8.94. The van der Waals surface area contributed by atoms with Gasteiger partial charge in [-0.1, -0.05) is 12.1 Å². The predicted molar refractivity (Wildman–Crippen MR) is 103 cm³/mol. The minimum absolute atomic E-state index is 0.0951. The molecule has 5 heteroatoms. The molecule has 0 saturated carbocycles. The molecule has 0 aliphatic carbocycles. The second kappa shape index (κ2) is 7.38. The number of nitrogens with zero attached hydrogens (tertiary/aromatic N) is 1. The van der Waals surface area contributed by atoms with Crippen LogP contribution in [0.2, 0.25) is 0 Å². The van der Waals surface area contributed by atoms with Crippen molar-refractivity contribution in [1.29, 1.82) is 0 Å². The van der Waals surface area contributed by atoms with Crippen LogP contribution in [-0.2, 0) is 17.6 Å². The first-order chi connectivity index (χ1) is 12.4. The summed E-state index contributed by atoms with van der Waals surface area (Å²) in [6.45, 7) is 4.50. The van der Waals surface area contributed by atoms with E-state index in [0.29, 0.717) is 18.7 Å². The van der Waals surface area contributed by atoms with Crippen LogP contribution >= 0.6 is 0 Å². The van der Waals surface area contributed by atoms with Crippen molar-refractivity contribution in [2.75, 3.05) is 18.6 Å². The van der Waals surface area contributed by atoms with Gasteiger partial charge in [0.1, 0.15) is 11.5 Å². The SMILES string of the molecule is COc1cccc2c1N(C(=O)[C@@H](N)Cc1c(C)cc(O)cc1C)CCC2. The molecular formula is C21H26N2O3. The Bertz CT molecular complexity index is 795. The number of carbonyl (C=O) groups is 1. The summed E-state index contributed by atoms with van der Waals surface area (Å²) in [6.07, 6.45) is 2.29. The van der Waals surface area contributed by atoms with Crippen molar-refractivity contribution >= 4 is 11.6 Å². The van der Waals surface area contributed by atoms with Gasteiger partial charge in [0.25, 0.3) is 0 Å². The number of carbonyl (C=O) groups excluding carboxylic acids is 1. The Morgan fingerprint density at radius 3 is 2.65 bits per heavy atom. The van der Waals surface area contributed by atoms with Gasteiger partial charge in [0.15, 0.2) is 0 Å². The van der Waals surface area contributed by atoms with Crippen LogP contribution in [0, 0.1) is 13.8 Å².